The van der Waals surface area contributed by atoms with Crippen LogP contribution in [0.2, 0.25) is 0 Å². The van der Waals surface area contributed by atoms with Gasteiger partial charge in [0, 0.05) is 16.7 Å². The van der Waals surface area contributed by atoms with Gasteiger partial charge in [-0.15, -0.1) is 39.9 Å². The Kier molecular flexibility index (Phi) is 10.8. The van der Waals surface area contributed by atoms with Crippen LogP contribution in [0.15, 0.2) is 36.4 Å². The molecule has 0 amide bonds. The molecule has 3 heterocycles. The van der Waals surface area contributed by atoms with Crippen molar-refractivity contribution in [1.29, 1.82) is 0 Å². The second kappa shape index (κ2) is 14.7. The van der Waals surface area contributed by atoms with E-state index in [1.54, 1.807) is 36.5 Å². The standard InChI is InChI=1S/2C11H9NO2S.C11H9NOS/c2*1-7-12-11-9(14)5-8(3-2-4-13)6-10(11)15-7;1-3-4-8-5-9(13)11-10(6-8)14-7(2)12-11/h2*5-6,13-14H,4H2,1H3;5-6,13H,1-2H3. The summed E-state index contributed by atoms with van der Waals surface area (Å²) in [6.07, 6.45) is 0. The van der Waals surface area contributed by atoms with Gasteiger partial charge in [-0.25, -0.2) is 15.0 Å². The van der Waals surface area contributed by atoms with Gasteiger partial charge in [0.05, 0.1) is 29.1 Å². The molecule has 0 aliphatic carbocycles. The highest BCUT2D eigenvalue weighted by Gasteiger charge is 2.08. The zero-order valence-electron chi connectivity index (χ0n) is 24.2. The molecule has 0 saturated carbocycles. The zero-order chi connectivity index (χ0) is 31.8. The molecule has 3 aromatic carbocycles. The molecule has 0 bridgehead atoms. The van der Waals surface area contributed by atoms with Crippen LogP contribution >= 0.6 is 34.0 Å². The van der Waals surface area contributed by atoms with Gasteiger partial charge in [-0.3, -0.25) is 0 Å². The van der Waals surface area contributed by atoms with Gasteiger partial charge in [-0.05, 0) is 64.1 Å². The van der Waals surface area contributed by atoms with E-state index < -0.39 is 0 Å². The number of phenolic OH excluding ortho intramolecular Hbond substituents is 3. The van der Waals surface area contributed by atoms with Crippen LogP contribution in [0.25, 0.3) is 30.6 Å². The summed E-state index contributed by atoms with van der Waals surface area (Å²) < 4.78 is 2.81. The minimum Gasteiger partial charge on any atom is -0.506 e. The van der Waals surface area contributed by atoms with Gasteiger partial charge < -0.3 is 25.5 Å². The van der Waals surface area contributed by atoms with E-state index in [0.717, 1.165) is 34.7 Å². The van der Waals surface area contributed by atoms with E-state index in [0.29, 0.717) is 27.7 Å². The van der Waals surface area contributed by atoms with Gasteiger partial charge in [-0.2, -0.15) is 0 Å². The Morgan fingerprint density at radius 1 is 0.545 bits per heavy atom. The normalized spacial score (nSPS) is 9.95. The number of hydrogen-bond acceptors (Lipinski definition) is 11. The van der Waals surface area contributed by atoms with Crippen LogP contribution in [0, 0.1) is 56.3 Å². The first-order chi connectivity index (χ1) is 21.1. The van der Waals surface area contributed by atoms with Crippen LogP contribution in [0.3, 0.4) is 0 Å². The first-order valence-electron chi connectivity index (χ1n) is 13.0. The number of aryl methyl sites for hydroxylation is 3. The molecule has 3 aromatic heterocycles. The fourth-order valence-electron chi connectivity index (χ4n) is 4.01. The molecule has 0 unspecified atom stereocenters. The number of aliphatic hydroxyl groups is 2. The summed E-state index contributed by atoms with van der Waals surface area (Å²) >= 11 is 4.59. The summed E-state index contributed by atoms with van der Waals surface area (Å²) in [4.78, 5) is 12.6. The third kappa shape index (κ3) is 8.03. The number of thiazole rings is 3. The smallest absolute Gasteiger partial charge is 0.143 e. The average Bonchev–Trinajstić information content (AvgIpc) is 3.67. The summed E-state index contributed by atoms with van der Waals surface area (Å²) in [6, 6.07) is 10.5. The molecule has 0 fully saturated rings. The number of aromatic nitrogens is 3. The number of hydrogen-bond donors (Lipinski definition) is 5. The average molecular weight is 642 g/mol. The molecule has 0 spiro atoms. The summed E-state index contributed by atoms with van der Waals surface area (Å²) in [5.41, 5.74) is 4.13. The van der Waals surface area contributed by atoms with E-state index in [-0.39, 0.29) is 30.5 Å². The maximum atomic E-state index is 9.68. The van der Waals surface area contributed by atoms with Crippen molar-refractivity contribution in [2.45, 2.75) is 27.7 Å². The van der Waals surface area contributed by atoms with Gasteiger partial charge in [0.1, 0.15) is 47.0 Å². The van der Waals surface area contributed by atoms with E-state index in [1.165, 1.54) is 22.7 Å². The minimum atomic E-state index is -0.180. The molecular weight excluding hydrogens is 615 g/mol. The number of aliphatic hydroxyl groups excluding tert-OH is 2. The second-order valence-electron chi connectivity index (χ2n) is 9.02. The summed E-state index contributed by atoms with van der Waals surface area (Å²) in [5, 5.41) is 48.9. The number of aromatic hydroxyl groups is 3. The van der Waals surface area contributed by atoms with Crippen LogP contribution in [0.5, 0.6) is 17.2 Å². The fraction of sp³-hybridized carbons (Fsp3) is 0.182. The SMILES string of the molecule is CC#Cc1cc(O)c2nc(C)sc2c1.Cc1nc2c(O)cc(C#CCO)cc2s1.Cc1nc2c(O)cc(C#CCO)cc2s1. The lowest BCUT2D eigenvalue weighted by Gasteiger charge is -1.94. The molecular formula is C33H27N3O5S3. The maximum Gasteiger partial charge on any atom is 0.143 e. The van der Waals surface area contributed by atoms with Crippen LogP contribution in [-0.2, 0) is 0 Å². The van der Waals surface area contributed by atoms with E-state index in [1.807, 2.05) is 39.0 Å². The summed E-state index contributed by atoms with van der Waals surface area (Å²) in [6.45, 7) is 7.13. The van der Waals surface area contributed by atoms with Crippen molar-refractivity contribution in [3.63, 3.8) is 0 Å². The number of nitrogens with zero attached hydrogens (tertiary/aromatic N) is 3. The monoisotopic (exact) mass is 641 g/mol. The third-order valence-corrected chi connectivity index (χ3v) is 8.39. The van der Waals surface area contributed by atoms with Crippen molar-refractivity contribution in [3.05, 3.63) is 68.1 Å². The lowest BCUT2D eigenvalue weighted by molar-refractivity contribution is 0.350. The molecule has 8 nitrogen and oxygen atoms in total. The van der Waals surface area contributed by atoms with Crippen LogP contribution in [0.4, 0.5) is 0 Å². The van der Waals surface area contributed by atoms with Crippen LogP contribution in [0.1, 0.15) is 38.6 Å². The Morgan fingerprint density at radius 2 is 0.864 bits per heavy atom. The highest BCUT2D eigenvalue weighted by molar-refractivity contribution is 7.19. The molecule has 0 radical (unpaired) electrons. The van der Waals surface area contributed by atoms with E-state index in [4.69, 9.17) is 10.2 Å². The topological polar surface area (TPSA) is 140 Å². The van der Waals surface area contributed by atoms with Crippen molar-refractivity contribution in [3.8, 4) is 52.8 Å². The van der Waals surface area contributed by atoms with Gasteiger partial charge in [0.25, 0.3) is 0 Å². The summed E-state index contributed by atoms with van der Waals surface area (Å²) in [5.74, 6) is 16.8. The molecule has 5 N–H and O–H groups in total. The number of benzene rings is 3. The predicted molar refractivity (Wildman–Crippen MR) is 179 cm³/mol. The first kappa shape index (κ1) is 32.2. The predicted octanol–water partition coefficient (Wildman–Crippen LogP) is 5.99. The molecule has 222 valence electrons. The van der Waals surface area contributed by atoms with Gasteiger partial charge in [0.2, 0.25) is 0 Å². The van der Waals surface area contributed by atoms with Crippen molar-refractivity contribution in [2.24, 2.45) is 0 Å². The molecule has 0 aliphatic rings. The second-order valence-corrected chi connectivity index (χ2v) is 12.7. The first-order valence-corrected chi connectivity index (χ1v) is 15.5. The molecule has 44 heavy (non-hydrogen) atoms. The fourth-order valence-corrected chi connectivity index (χ4v) is 6.68. The maximum absolute atomic E-state index is 9.68. The Hall–Kier alpha value is -4.67. The lowest BCUT2D eigenvalue weighted by atomic mass is 10.2. The quantitative estimate of drug-likeness (QED) is 0.128. The Morgan fingerprint density at radius 3 is 1.16 bits per heavy atom. The van der Waals surface area contributed by atoms with Crippen molar-refractivity contribution < 1.29 is 25.5 Å². The third-order valence-electron chi connectivity index (χ3n) is 5.64. The van der Waals surface area contributed by atoms with Crippen molar-refractivity contribution >= 4 is 64.7 Å². The molecule has 0 saturated heterocycles. The molecule has 6 aromatic rings. The highest BCUT2D eigenvalue weighted by atomic mass is 32.1. The number of phenols is 3. The molecule has 0 atom stereocenters. The van der Waals surface area contributed by atoms with Crippen molar-refractivity contribution in [1.82, 2.24) is 15.0 Å². The van der Waals surface area contributed by atoms with Crippen LogP contribution < -0.4 is 0 Å². The lowest BCUT2D eigenvalue weighted by Crippen LogP contribution is -1.78. The van der Waals surface area contributed by atoms with Crippen LogP contribution in [-0.4, -0.2) is 53.7 Å². The van der Waals surface area contributed by atoms with Gasteiger partial charge in [-0.1, -0.05) is 29.6 Å². The minimum absolute atomic E-state index is 0.138. The highest BCUT2D eigenvalue weighted by Crippen LogP contribution is 2.32. The van der Waals surface area contributed by atoms with E-state index in [9.17, 15) is 15.3 Å². The molecule has 6 rings (SSSR count). The Balaban J connectivity index is 0.000000151. The zero-order valence-corrected chi connectivity index (χ0v) is 26.6. The van der Waals surface area contributed by atoms with E-state index >= 15 is 0 Å². The number of rotatable bonds is 0. The van der Waals surface area contributed by atoms with E-state index in [2.05, 4.69) is 50.5 Å². The molecule has 0 aliphatic heterocycles. The summed E-state index contributed by atoms with van der Waals surface area (Å²) in [7, 11) is 0. The number of fused-ring (bicyclic) bond motifs is 3. The molecule has 11 heteroatoms. The van der Waals surface area contributed by atoms with Gasteiger partial charge >= 0.3 is 0 Å². The Labute approximate surface area is 266 Å². The van der Waals surface area contributed by atoms with Gasteiger partial charge in [0.15, 0.2) is 0 Å². The van der Waals surface area contributed by atoms with Crippen molar-refractivity contribution in [2.75, 3.05) is 13.2 Å². The Bertz CT molecular complexity index is 2060. The largest absolute Gasteiger partial charge is 0.506 e.